The minimum absolute atomic E-state index is 0.479. The van der Waals surface area contributed by atoms with Crippen molar-refractivity contribution in [2.45, 2.75) is 6.92 Å². The normalized spacial score (nSPS) is 10.9. The molecule has 0 aliphatic heterocycles. The van der Waals surface area contributed by atoms with Gasteiger partial charge in [-0.05, 0) is 24.6 Å². The summed E-state index contributed by atoms with van der Waals surface area (Å²) >= 11 is 0. The molecule has 96 valence electrons. The van der Waals surface area contributed by atoms with Crippen molar-refractivity contribution in [3.63, 3.8) is 0 Å². The van der Waals surface area contributed by atoms with Crippen molar-refractivity contribution in [1.29, 1.82) is 0 Å². The van der Waals surface area contributed by atoms with Crippen molar-refractivity contribution < 1.29 is 9.53 Å². The number of nitrogens with one attached hydrogen (secondary N) is 1. The first-order valence-electron chi connectivity index (χ1n) is 5.88. The van der Waals surface area contributed by atoms with Crippen LogP contribution in [0.5, 0.6) is 5.75 Å². The zero-order chi connectivity index (χ0) is 13.5. The molecule has 2 aromatic carbocycles. The number of hydrazone groups is 1. The van der Waals surface area contributed by atoms with Gasteiger partial charge in [-0.3, -0.25) is 0 Å². The quantitative estimate of drug-likeness (QED) is 0.675. The molecule has 1 N–H and O–H groups in total. The Hall–Kier alpha value is -2.62. The van der Waals surface area contributed by atoms with E-state index in [1.165, 1.54) is 0 Å². The lowest BCUT2D eigenvalue weighted by atomic mass is 10.1. The van der Waals surface area contributed by atoms with Crippen molar-refractivity contribution in [1.82, 2.24) is 5.43 Å². The molecule has 19 heavy (non-hydrogen) atoms. The van der Waals surface area contributed by atoms with Crippen molar-refractivity contribution in [3.05, 3.63) is 66.2 Å². The molecule has 0 saturated carbocycles. The molecule has 2 rings (SSSR count). The maximum atomic E-state index is 11.5. The first-order valence-corrected chi connectivity index (χ1v) is 5.88. The van der Waals surface area contributed by atoms with Gasteiger partial charge in [0.2, 0.25) is 0 Å². The van der Waals surface area contributed by atoms with Gasteiger partial charge in [0.05, 0.1) is 5.71 Å². The van der Waals surface area contributed by atoms with Gasteiger partial charge in [-0.25, -0.2) is 10.2 Å². The SMILES string of the molecule is CC(=NNC(=O)Oc1ccccc1)c1ccccc1. The highest BCUT2D eigenvalue weighted by molar-refractivity contribution is 5.99. The number of hydrogen-bond acceptors (Lipinski definition) is 3. The second kappa shape index (κ2) is 6.35. The lowest BCUT2D eigenvalue weighted by Gasteiger charge is -2.04. The van der Waals surface area contributed by atoms with Crippen LogP contribution in [0.2, 0.25) is 0 Å². The molecule has 0 aromatic heterocycles. The third-order valence-corrected chi connectivity index (χ3v) is 2.46. The predicted octanol–water partition coefficient (Wildman–Crippen LogP) is 3.20. The Balaban J connectivity index is 1.93. The monoisotopic (exact) mass is 254 g/mol. The highest BCUT2D eigenvalue weighted by atomic mass is 16.6. The Labute approximate surface area is 111 Å². The number of para-hydroxylation sites is 1. The minimum atomic E-state index is -0.610. The van der Waals surface area contributed by atoms with Gasteiger partial charge in [0, 0.05) is 0 Å². The van der Waals surface area contributed by atoms with E-state index >= 15 is 0 Å². The molecular weight excluding hydrogens is 240 g/mol. The first-order chi connectivity index (χ1) is 9.25. The number of rotatable bonds is 3. The second-order valence-electron chi connectivity index (χ2n) is 3.88. The summed E-state index contributed by atoms with van der Waals surface area (Å²) in [6.45, 7) is 1.82. The van der Waals surface area contributed by atoms with Crippen molar-refractivity contribution in [3.8, 4) is 5.75 Å². The fraction of sp³-hybridized carbons (Fsp3) is 0.0667. The number of nitrogens with zero attached hydrogens (tertiary/aromatic N) is 1. The molecule has 0 spiro atoms. The minimum Gasteiger partial charge on any atom is -0.409 e. The number of amides is 1. The molecule has 0 saturated heterocycles. The summed E-state index contributed by atoms with van der Waals surface area (Å²) in [5.41, 5.74) is 4.02. The molecule has 0 aliphatic carbocycles. The standard InChI is InChI=1S/C15H14N2O2/c1-12(13-8-4-2-5-9-13)16-17-15(18)19-14-10-6-3-7-11-14/h2-11H,1H3,(H,17,18). The summed E-state index contributed by atoms with van der Waals surface area (Å²) in [6.07, 6.45) is -0.610. The van der Waals surface area contributed by atoms with Gasteiger partial charge in [0.15, 0.2) is 0 Å². The summed E-state index contributed by atoms with van der Waals surface area (Å²) in [4.78, 5) is 11.5. The van der Waals surface area contributed by atoms with E-state index in [4.69, 9.17) is 4.74 Å². The summed E-state index contributed by atoms with van der Waals surface area (Å²) < 4.78 is 5.04. The Morgan fingerprint density at radius 1 is 1.00 bits per heavy atom. The molecule has 4 nitrogen and oxygen atoms in total. The molecule has 1 amide bonds. The van der Waals surface area contributed by atoms with Gasteiger partial charge in [-0.2, -0.15) is 5.10 Å². The van der Waals surface area contributed by atoms with Crippen LogP contribution in [-0.2, 0) is 0 Å². The van der Waals surface area contributed by atoms with Crippen LogP contribution >= 0.6 is 0 Å². The van der Waals surface area contributed by atoms with Gasteiger partial charge >= 0.3 is 6.09 Å². The van der Waals surface area contributed by atoms with Crippen LogP contribution < -0.4 is 10.2 Å². The molecule has 0 aliphatic rings. The average molecular weight is 254 g/mol. The van der Waals surface area contributed by atoms with E-state index in [1.807, 2.05) is 43.3 Å². The highest BCUT2D eigenvalue weighted by Gasteiger charge is 2.02. The van der Waals surface area contributed by atoms with E-state index in [2.05, 4.69) is 10.5 Å². The van der Waals surface area contributed by atoms with E-state index in [0.29, 0.717) is 11.5 Å². The van der Waals surface area contributed by atoms with Gasteiger partial charge < -0.3 is 4.74 Å². The fourth-order valence-corrected chi connectivity index (χ4v) is 1.49. The predicted molar refractivity (Wildman–Crippen MR) is 74.3 cm³/mol. The Kier molecular flexibility index (Phi) is 4.29. The summed E-state index contributed by atoms with van der Waals surface area (Å²) in [6, 6.07) is 18.4. The Morgan fingerprint density at radius 2 is 1.58 bits per heavy atom. The van der Waals surface area contributed by atoms with Crippen molar-refractivity contribution in [2.75, 3.05) is 0 Å². The van der Waals surface area contributed by atoms with Crippen LogP contribution in [0.15, 0.2) is 65.8 Å². The van der Waals surface area contributed by atoms with Crippen LogP contribution in [0.3, 0.4) is 0 Å². The number of hydrogen-bond donors (Lipinski definition) is 1. The van der Waals surface area contributed by atoms with Crippen LogP contribution in [0.4, 0.5) is 4.79 Å². The number of carbonyl (C=O) groups excluding carboxylic acids is 1. The smallest absolute Gasteiger partial charge is 0.409 e. The topological polar surface area (TPSA) is 50.7 Å². The van der Waals surface area contributed by atoms with E-state index < -0.39 is 6.09 Å². The zero-order valence-corrected chi connectivity index (χ0v) is 10.5. The summed E-state index contributed by atoms with van der Waals surface area (Å²) in [7, 11) is 0. The molecule has 0 unspecified atom stereocenters. The van der Waals surface area contributed by atoms with Gasteiger partial charge in [0.25, 0.3) is 0 Å². The third-order valence-electron chi connectivity index (χ3n) is 2.46. The summed E-state index contributed by atoms with van der Waals surface area (Å²) in [5, 5.41) is 3.98. The first kappa shape index (κ1) is 12.8. The van der Waals surface area contributed by atoms with Gasteiger partial charge in [-0.15, -0.1) is 0 Å². The van der Waals surface area contributed by atoms with Crippen LogP contribution in [0.25, 0.3) is 0 Å². The highest BCUT2D eigenvalue weighted by Crippen LogP contribution is 2.08. The molecule has 2 aromatic rings. The van der Waals surface area contributed by atoms with Gasteiger partial charge in [-0.1, -0.05) is 48.5 Å². The van der Waals surface area contributed by atoms with Crippen LogP contribution in [0, 0.1) is 0 Å². The van der Waals surface area contributed by atoms with Crippen molar-refractivity contribution >= 4 is 11.8 Å². The molecule has 0 bridgehead atoms. The number of carbonyl (C=O) groups is 1. The molecule has 0 heterocycles. The number of ether oxygens (including phenoxy) is 1. The maximum Gasteiger partial charge on any atom is 0.433 e. The van der Waals surface area contributed by atoms with Crippen LogP contribution in [-0.4, -0.2) is 11.8 Å². The Bertz CT molecular complexity index is 565. The summed E-state index contributed by atoms with van der Waals surface area (Å²) in [5.74, 6) is 0.479. The van der Waals surface area contributed by atoms with E-state index in [0.717, 1.165) is 5.56 Å². The van der Waals surface area contributed by atoms with E-state index in [-0.39, 0.29) is 0 Å². The largest absolute Gasteiger partial charge is 0.433 e. The molecule has 0 radical (unpaired) electrons. The lowest BCUT2D eigenvalue weighted by molar-refractivity contribution is 0.201. The number of benzene rings is 2. The molecular formula is C15H14N2O2. The molecule has 0 atom stereocenters. The fourth-order valence-electron chi connectivity index (χ4n) is 1.49. The molecule has 0 fully saturated rings. The zero-order valence-electron chi connectivity index (χ0n) is 10.5. The van der Waals surface area contributed by atoms with E-state index in [9.17, 15) is 4.79 Å². The lowest BCUT2D eigenvalue weighted by Crippen LogP contribution is -2.23. The Morgan fingerprint density at radius 3 is 2.21 bits per heavy atom. The molecule has 4 heteroatoms. The second-order valence-corrected chi connectivity index (χ2v) is 3.88. The van der Waals surface area contributed by atoms with Crippen LogP contribution in [0.1, 0.15) is 12.5 Å². The van der Waals surface area contributed by atoms with Gasteiger partial charge in [0.1, 0.15) is 5.75 Å². The van der Waals surface area contributed by atoms with E-state index in [1.54, 1.807) is 24.3 Å². The average Bonchev–Trinajstić information content (AvgIpc) is 2.47. The van der Waals surface area contributed by atoms with Crippen molar-refractivity contribution in [2.24, 2.45) is 5.10 Å². The maximum absolute atomic E-state index is 11.5. The third kappa shape index (κ3) is 3.96.